The van der Waals surface area contributed by atoms with Gasteiger partial charge in [0.15, 0.2) is 6.10 Å². The molecule has 0 aliphatic carbocycles. The minimum atomic E-state index is -3.97. The van der Waals surface area contributed by atoms with Crippen molar-refractivity contribution in [1.29, 1.82) is 0 Å². The molecule has 0 aromatic rings. The Kier molecular flexibility index (Phi) is 10.2. The molecule has 1 aliphatic heterocycles. The Hall–Kier alpha value is -2.05. The Bertz CT molecular complexity index is 700. The van der Waals surface area contributed by atoms with Crippen LogP contribution in [0.5, 0.6) is 0 Å². The van der Waals surface area contributed by atoms with Crippen LogP contribution in [0.4, 0.5) is 4.79 Å². The lowest BCUT2D eigenvalue weighted by atomic mass is 9.87. The number of amides is 2. The van der Waals surface area contributed by atoms with Gasteiger partial charge in [-0.05, 0) is 13.8 Å². The molecule has 2 atom stereocenters. The maximum Gasteiger partial charge on any atom is 0.576 e. The van der Waals surface area contributed by atoms with E-state index in [-0.39, 0.29) is 26.2 Å². The van der Waals surface area contributed by atoms with Crippen LogP contribution in [0.25, 0.3) is 0 Å². The number of esters is 2. The molecule has 1 unspecified atom stereocenters. The fourth-order valence-corrected chi connectivity index (χ4v) is 3.89. The maximum atomic E-state index is 12.5. The Morgan fingerprint density at radius 2 is 1.88 bits per heavy atom. The predicted molar refractivity (Wildman–Crippen MR) is 110 cm³/mol. The molecule has 0 spiro atoms. The highest BCUT2D eigenvalue weighted by Gasteiger charge is 2.59. The van der Waals surface area contributed by atoms with Gasteiger partial charge in [-0.25, -0.2) is 4.79 Å². The van der Waals surface area contributed by atoms with Crippen molar-refractivity contribution < 1.29 is 51.9 Å². The van der Waals surface area contributed by atoms with Crippen LogP contribution in [0.3, 0.4) is 0 Å². The molecule has 0 saturated carbocycles. The van der Waals surface area contributed by atoms with E-state index in [4.69, 9.17) is 23.0 Å². The first kappa shape index (κ1) is 28.0. The van der Waals surface area contributed by atoms with E-state index in [9.17, 15) is 24.1 Å². The Labute approximate surface area is 187 Å². The standard InChI is InChI=1S/C18H31N2O11P/c1-12(21)27-10-18(4,5)20-16(24)28-11-30-32(25)29-9-17(2,3)14(31-32)15(23)19-8-7-13(22)26-6/h14,25H,7-11H2,1-6H3,(H-,19,20,23,24)/p+1/t14-,32?/m0/s1. The van der Waals surface area contributed by atoms with Crippen molar-refractivity contribution in [2.45, 2.75) is 52.7 Å². The first-order valence-corrected chi connectivity index (χ1v) is 11.2. The average molecular weight is 483 g/mol. The SMILES string of the molecule is COC(=O)CCNC(=O)[C@@H]1O[P+](O)(OCOC(=O)NC(C)(C)COC(C)=O)OCC1(C)C. The zero-order valence-corrected chi connectivity index (χ0v) is 20.0. The first-order chi connectivity index (χ1) is 14.7. The van der Waals surface area contributed by atoms with Crippen molar-refractivity contribution in [3.63, 3.8) is 0 Å². The van der Waals surface area contributed by atoms with Gasteiger partial charge in [0.25, 0.3) is 5.91 Å². The Balaban J connectivity index is 2.56. The number of ether oxygens (including phenoxy) is 3. The van der Waals surface area contributed by atoms with Crippen molar-refractivity contribution in [3.8, 4) is 0 Å². The molecule has 14 heteroatoms. The van der Waals surface area contributed by atoms with Crippen LogP contribution < -0.4 is 10.6 Å². The van der Waals surface area contributed by atoms with Crippen LogP contribution in [0, 0.1) is 5.41 Å². The molecule has 0 aromatic heterocycles. The van der Waals surface area contributed by atoms with Gasteiger partial charge in [-0.2, -0.15) is 9.42 Å². The third-order valence-corrected chi connectivity index (χ3v) is 5.49. The topological polar surface area (TPSA) is 168 Å². The van der Waals surface area contributed by atoms with E-state index in [1.807, 2.05) is 0 Å². The van der Waals surface area contributed by atoms with E-state index in [0.717, 1.165) is 0 Å². The van der Waals surface area contributed by atoms with Crippen molar-refractivity contribution in [2.75, 3.05) is 33.7 Å². The number of hydrogen-bond acceptors (Lipinski definition) is 11. The van der Waals surface area contributed by atoms with Crippen molar-refractivity contribution >= 4 is 32.1 Å². The summed E-state index contributed by atoms with van der Waals surface area (Å²) in [7, 11) is -2.73. The molecule has 1 heterocycles. The highest BCUT2D eigenvalue weighted by Crippen LogP contribution is 2.63. The van der Waals surface area contributed by atoms with E-state index in [0.29, 0.717) is 0 Å². The van der Waals surface area contributed by atoms with Crippen molar-refractivity contribution in [1.82, 2.24) is 10.6 Å². The van der Waals surface area contributed by atoms with E-state index in [1.54, 1.807) is 27.7 Å². The fourth-order valence-electron chi connectivity index (χ4n) is 2.36. The van der Waals surface area contributed by atoms with Crippen LogP contribution in [0.1, 0.15) is 41.0 Å². The van der Waals surface area contributed by atoms with Crippen LogP contribution >= 0.6 is 8.17 Å². The van der Waals surface area contributed by atoms with Crippen LogP contribution in [-0.4, -0.2) is 74.1 Å². The molecule has 1 rings (SSSR count). The number of alkyl carbamates (subject to hydrolysis) is 1. The van der Waals surface area contributed by atoms with Gasteiger partial charge in [0.2, 0.25) is 6.79 Å². The summed E-state index contributed by atoms with van der Waals surface area (Å²) in [4.78, 5) is 57.0. The van der Waals surface area contributed by atoms with E-state index in [2.05, 4.69) is 15.4 Å². The second-order valence-corrected chi connectivity index (χ2v) is 9.97. The number of rotatable bonds is 10. The highest BCUT2D eigenvalue weighted by molar-refractivity contribution is 7.55. The smallest absolute Gasteiger partial charge is 0.469 e. The van der Waals surface area contributed by atoms with Gasteiger partial charge in [0.05, 0.1) is 19.1 Å². The lowest BCUT2D eigenvalue weighted by Gasteiger charge is -2.36. The van der Waals surface area contributed by atoms with Gasteiger partial charge in [-0.15, -0.1) is 9.05 Å². The second kappa shape index (κ2) is 11.7. The van der Waals surface area contributed by atoms with Gasteiger partial charge >= 0.3 is 26.2 Å². The van der Waals surface area contributed by atoms with Gasteiger partial charge in [0, 0.05) is 18.9 Å². The van der Waals surface area contributed by atoms with E-state index >= 15 is 0 Å². The van der Waals surface area contributed by atoms with Gasteiger partial charge < -0.3 is 24.8 Å². The first-order valence-electron chi connectivity index (χ1n) is 9.72. The number of carbonyl (C=O) groups is 4. The molecule has 1 fully saturated rings. The lowest BCUT2D eigenvalue weighted by Crippen LogP contribution is -2.51. The summed E-state index contributed by atoms with van der Waals surface area (Å²) in [6, 6.07) is 0. The molecule has 1 saturated heterocycles. The Morgan fingerprint density at radius 3 is 2.47 bits per heavy atom. The summed E-state index contributed by atoms with van der Waals surface area (Å²) < 4.78 is 30.0. The number of methoxy groups -OCH3 is 1. The third kappa shape index (κ3) is 9.61. The van der Waals surface area contributed by atoms with Crippen LogP contribution in [-0.2, 0) is 42.2 Å². The molecular weight excluding hydrogens is 451 g/mol. The summed E-state index contributed by atoms with van der Waals surface area (Å²) >= 11 is 0. The molecule has 0 radical (unpaired) electrons. The van der Waals surface area contributed by atoms with Crippen molar-refractivity contribution in [3.05, 3.63) is 0 Å². The largest absolute Gasteiger partial charge is 0.576 e. The lowest BCUT2D eigenvalue weighted by molar-refractivity contribution is -0.146. The monoisotopic (exact) mass is 483 g/mol. The molecule has 0 bridgehead atoms. The summed E-state index contributed by atoms with van der Waals surface area (Å²) in [5, 5.41) is 5.00. The normalized spacial score (nSPS) is 22.4. The quantitative estimate of drug-likeness (QED) is 0.174. The van der Waals surface area contributed by atoms with Crippen molar-refractivity contribution in [2.24, 2.45) is 5.41 Å². The van der Waals surface area contributed by atoms with Gasteiger partial charge in [-0.3, -0.25) is 14.4 Å². The third-order valence-electron chi connectivity index (χ3n) is 4.12. The zero-order valence-electron chi connectivity index (χ0n) is 19.1. The van der Waals surface area contributed by atoms with Gasteiger partial charge in [-0.1, -0.05) is 13.8 Å². The molecule has 3 N–H and O–H groups in total. The van der Waals surface area contributed by atoms with Gasteiger partial charge in [0.1, 0.15) is 13.2 Å². The molecule has 1 aliphatic rings. The average Bonchev–Trinajstić information content (AvgIpc) is 2.68. The fraction of sp³-hybridized carbons (Fsp3) is 0.778. The molecule has 32 heavy (non-hydrogen) atoms. The summed E-state index contributed by atoms with van der Waals surface area (Å²) in [5.41, 5.74) is -1.73. The van der Waals surface area contributed by atoms with Crippen LogP contribution in [0.2, 0.25) is 0 Å². The maximum absolute atomic E-state index is 12.5. The predicted octanol–water partition coefficient (Wildman–Crippen LogP) is 0.819. The summed E-state index contributed by atoms with van der Waals surface area (Å²) in [6.45, 7) is 6.98. The molecular formula is C18H32N2O11P+. The zero-order chi connectivity index (χ0) is 24.6. The number of carbonyl (C=O) groups excluding carboxylic acids is 4. The number of nitrogens with one attached hydrogen (secondary N) is 2. The molecule has 184 valence electrons. The highest BCUT2D eigenvalue weighted by atomic mass is 31.2. The second-order valence-electron chi connectivity index (χ2n) is 8.30. The Morgan fingerprint density at radius 1 is 1.22 bits per heavy atom. The number of hydrogen-bond donors (Lipinski definition) is 3. The van der Waals surface area contributed by atoms with E-state index in [1.165, 1.54) is 14.0 Å². The minimum Gasteiger partial charge on any atom is -0.469 e. The molecule has 13 nitrogen and oxygen atoms in total. The molecule has 2 amide bonds. The minimum absolute atomic E-state index is 0.0203. The molecule has 0 aromatic carbocycles. The van der Waals surface area contributed by atoms with Crippen LogP contribution in [0.15, 0.2) is 0 Å². The summed E-state index contributed by atoms with van der Waals surface area (Å²) in [5.74, 6) is -1.56. The van der Waals surface area contributed by atoms with E-state index < -0.39 is 56.0 Å². The summed E-state index contributed by atoms with van der Waals surface area (Å²) in [6.07, 6.45) is -2.08.